The summed E-state index contributed by atoms with van der Waals surface area (Å²) in [6, 6.07) is 0. The monoisotopic (exact) mass is 496 g/mol. The van der Waals surface area contributed by atoms with E-state index in [4.69, 9.17) is 4.74 Å². The highest BCUT2D eigenvalue weighted by atomic mass is 19.4. The van der Waals surface area contributed by atoms with Gasteiger partial charge in [0, 0.05) is 18.8 Å². The molecule has 2 spiro atoms. The van der Waals surface area contributed by atoms with Gasteiger partial charge >= 0.3 is 12.1 Å². The van der Waals surface area contributed by atoms with Crippen LogP contribution < -0.4 is 0 Å². The number of alkyl halides is 3. The molecule has 5 saturated carbocycles. The molecular formula is C29H43F3O3. The Morgan fingerprint density at radius 2 is 1.51 bits per heavy atom. The fourth-order valence-corrected chi connectivity index (χ4v) is 11.2. The summed E-state index contributed by atoms with van der Waals surface area (Å²) in [4.78, 5) is 23.6. The molecule has 0 radical (unpaired) electrons. The van der Waals surface area contributed by atoms with Gasteiger partial charge < -0.3 is 4.74 Å². The third kappa shape index (κ3) is 3.22. The van der Waals surface area contributed by atoms with Gasteiger partial charge in [0.25, 0.3) is 0 Å². The van der Waals surface area contributed by atoms with Crippen LogP contribution in [0.1, 0.15) is 106 Å². The third-order valence-electron chi connectivity index (χ3n) is 12.9. The lowest BCUT2D eigenvalue weighted by Gasteiger charge is -2.63. The molecule has 5 aliphatic carbocycles. The van der Waals surface area contributed by atoms with Crippen molar-refractivity contribution in [3.63, 3.8) is 0 Å². The lowest BCUT2D eigenvalue weighted by Crippen LogP contribution is -2.58. The summed E-state index contributed by atoms with van der Waals surface area (Å²) in [6.45, 7) is 12.8. The van der Waals surface area contributed by atoms with E-state index in [0.717, 1.165) is 51.4 Å². The van der Waals surface area contributed by atoms with Gasteiger partial charge in [-0.05, 0) is 103 Å². The van der Waals surface area contributed by atoms with Gasteiger partial charge in [-0.1, -0.05) is 34.6 Å². The molecule has 0 saturated heterocycles. The van der Waals surface area contributed by atoms with E-state index in [1.807, 2.05) is 6.92 Å². The van der Waals surface area contributed by atoms with Crippen LogP contribution in [0, 0.1) is 50.7 Å². The molecule has 5 rings (SSSR count). The van der Waals surface area contributed by atoms with Gasteiger partial charge in [0.15, 0.2) is 0 Å². The van der Waals surface area contributed by atoms with Gasteiger partial charge in [0.1, 0.15) is 6.10 Å². The topological polar surface area (TPSA) is 43.4 Å². The number of fused-ring (bicyclic) bond motifs is 2. The molecule has 0 bridgehead atoms. The van der Waals surface area contributed by atoms with E-state index in [-0.39, 0.29) is 46.6 Å². The molecule has 35 heavy (non-hydrogen) atoms. The Bertz CT molecular complexity index is 927. The SMILES string of the molecule is CC(=O)O[C@H]1CCC23C[C@]24CC[C@]2(C)C([C@H](C)CC(=O)C(F)(F)F)CC[C@@]2(C)C4CCC3C1(C)C. The number of hydrogen-bond acceptors (Lipinski definition) is 3. The number of halogens is 3. The highest BCUT2D eigenvalue weighted by Gasteiger charge is 2.82. The van der Waals surface area contributed by atoms with Gasteiger partial charge in [-0.2, -0.15) is 13.2 Å². The minimum atomic E-state index is -4.73. The van der Waals surface area contributed by atoms with Crippen LogP contribution in [-0.4, -0.2) is 24.0 Å². The van der Waals surface area contributed by atoms with Gasteiger partial charge in [-0.25, -0.2) is 0 Å². The first kappa shape index (κ1) is 25.6. The zero-order chi connectivity index (χ0) is 25.8. The number of Topliss-reactive ketones (excluding diaryl/α,β-unsaturated/α-hetero) is 1. The fraction of sp³-hybridized carbons (Fsp3) is 0.931. The smallest absolute Gasteiger partial charge is 0.449 e. The quantitative estimate of drug-likeness (QED) is 0.378. The van der Waals surface area contributed by atoms with E-state index in [1.54, 1.807) is 0 Å². The average molecular weight is 497 g/mol. The predicted octanol–water partition coefficient (Wildman–Crippen LogP) is 7.51. The predicted molar refractivity (Wildman–Crippen MR) is 127 cm³/mol. The summed E-state index contributed by atoms with van der Waals surface area (Å²) in [5, 5.41) is 0. The van der Waals surface area contributed by atoms with Crippen molar-refractivity contribution < 1.29 is 27.5 Å². The lowest BCUT2D eigenvalue weighted by molar-refractivity contribution is -0.182. The Morgan fingerprint density at radius 1 is 0.886 bits per heavy atom. The summed E-state index contributed by atoms with van der Waals surface area (Å²) in [7, 11) is 0. The highest BCUT2D eigenvalue weighted by molar-refractivity contribution is 5.84. The molecule has 198 valence electrons. The Balaban J connectivity index is 1.40. The Kier molecular flexibility index (Phi) is 5.48. The largest absolute Gasteiger partial charge is 0.462 e. The summed E-state index contributed by atoms with van der Waals surface area (Å²) >= 11 is 0. The number of carbonyl (C=O) groups excluding carboxylic acids is 2. The van der Waals surface area contributed by atoms with Crippen LogP contribution in [0.5, 0.6) is 0 Å². The maximum atomic E-state index is 13.0. The summed E-state index contributed by atoms with van der Waals surface area (Å²) in [5.41, 5.74) is 0.718. The second-order valence-corrected chi connectivity index (χ2v) is 14.2. The van der Waals surface area contributed by atoms with Gasteiger partial charge in [0.2, 0.25) is 5.78 Å². The van der Waals surface area contributed by atoms with E-state index in [2.05, 4.69) is 27.7 Å². The molecule has 0 aromatic rings. The van der Waals surface area contributed by atoms with Crippen LogP contribution in [0.25, 0.3) is 0 Å². The van der Waals surface area contributed by atoms with Crippen molar-refractivity contribution in [3.8, 4) is 0 Å². The molecule has 0 heterocycles. The van der Waals surface area contributed by atoms with E-state index in [9.17, 15) is 22.8 Å². The van der Waals surface area contributed by atoms with Crippen LogP contribution >= 0.6 is 0 Å². The second-order valence-electron chi connectivity index (χ2n) is 14.2. The number of hydrogen-bond donors (Lipinski definition) is 0. The molecule has 0 amide bonds. The van der Waals surface area contributed by atoms with Crippen molar-refractivity contribution in [2.45, 2.75) is 118 Å². The van der Waals surface area contributed by atoms with E-state index >= 15 is 0 Å². The molecule has 3 nitrogen and oxygen atoms in total. The van der Waals surface area contributed by atoms with Crippen molar-refractivity contribution in [2.24, 2.45) is 50.7 Å². The van der Waals surface area contributed by atoms with Gasteiger partial charge in [0.05, 0.1) is 0 Å². The first-order valence-corrected chi connectivity index (χ1v) is 13.8. The van der Waals surface area contributed by atoms with Crippen LogP contribution in [-0.2, 0) is 14.3 Å². The Morgan fingerprint density at radius 3 is 2.14 bits per heavy atom. The molecule has 5 aliphatic rings. The fourth-order valence-electron chi connectivity index (χ4n) is 11.2. The highest BCUT2D eigenvalue weighted by Crippen LogP contribution is 2.89. The van der Waals surface area contributed by atoms with Crippen molar-refractivity contribution in [3.05, 3.63) is 0 Å². The minimum Gasteiger partial charge on any atom is -0.462 e. The molecule has 0 N–H and O–H groups in total. The van der Waals surface area contributed by atoms with Crippen LogP contribution in [0.4, 0.5) is 13.2 Å². The van der Waals surface area contributed by atoms with E-state index < -0.39 is 12.0 Å². The second kappa shape index (κ2) is 7.49. The number of ether oxygens (including phenoxy) is 1. The molecule has 0 aromatic heterocycles. The van der Waals surface area contributed by atoms with Crippen molar-refractivity contribution >= 4 is 11.8 Å². The van der Waals surface area contributed by atoms with Crippen LogP contribution in [0.2, 0.25) is 0 Å². The van der Waals surface area contributed by atoms with E-state index in [0.29, 0.717) is 22.7 Å². The van der Waals surface area contributed by atoms with Crippen molar-refractivity contribution in [1.82, 2.24) is 0 Å². The summed E-state index contributed by atoms with van der Waals surface area (Å²) < 4.78 is 44.9. The molecule has 9 atom stereocenters. The number of esters is 1. The average Bonchev–Trinajstić information content (AvgIpc) is 3.31. The van der Waals surface area contributed by atoms with Crippen LogP contribution in [0.15, 0.2) is 0 Å². The zero-order valence-corrected chi connectivity index (χ0v) is 22.3. The molecule has 0 aromatic carbocycles. The lowest BCUT2D eigenvalue weighted by atomic mass is 9.41. The first-order valence-electron chi connectivity index (χ1n) is 13.8. The summed E-state index contributed by atoms with van der Waals surface area (Å²) in [6.07, 6.45) is 4.72. The molecular weight excluding hydrogens is 453 g/mol. The van der Waals surface area contributed by atoms with E-state index in [1.165, 1.54) is 13.3 Å². The molecule has 6 heteroatoms. The number of rotatable bonds is 4. The summed E-state index contributed by atoms with van der Waals surface area (Å²) in [5.74, 6) is -0.677. The third-order valence-corrected chi connectivity index (χ3v) is 12.9. The molecule has 5 fully saturated rings. The van der Waals surface area contributed by atoms with Gasteiger partial charge in [-0.15, -0.1) is 0 Å². The normalized spacial score (nSPS) is 48.6. The number of ketones is 1. The molecule has 0 aliphatic heterocycles. The standard InChI is InChI=1S/C29H43F3O3/c1-17(15-22(34)29(30,31)32)19-9-11-26(6)21-8-7-20-24(3,4)23(35-18(2)33)10-12-27(20)16-28(21,27)14-13-25(19,26)5/h17,19-21,23H,7-16H2,1-6H3/t17-,19?,20?,21?,23+,25-,26+,27?,28+/m1/s1. The number of carbonyl (C=O) groups is 2. The van der Waals surface area contributed by atoms with Crippen LogP contribution in [0.3, 0.4) is 0 Å². The Hall–Kier alpha value is -1.07. The molecule has 4 unspecified atom stereocenters. The Labute approximate surface area is 208 Å². The van der Waals surface area contributed by atoms with Crippen molar-refractivity contribution in [1.29, 1.82) is 0 Å². The first-order chi connectivity index (χ1) is 16.1. The minimum absolute atomic E-state index is 0.0165. The maximum Gasteiger partial charge on any atom is 0.449 e. The van der Waals surface area contributed by atoms with Gasteiger partial charge in [-0.3, -0.25) is 9.59 Å². The van der Waals surface area contributed by atoms with Crippen molar-refractivity contribution in [2.75, 3.05) is 0 Å². The maximum absolute atomic E-state index is 13.0. The zero-order valence-electron chi connectivity index (χ0n) is 22.3.